The molecule has 146 valence electrons. The summed E-state index contributed by atoms with van der Waals surface area (Å²) in [4.78, 5) is 14.7. The minimum absolute atomic E-state index is 0.00968. The number of nitrogens with one attached hydrogen (secondary N) is 1. The molecule has 0 spiro atoms. The number of para-hydroxylation sites is 2. The summed E-state index contributed by atoms with van der Waals surface area (Å²) in [5, 5.41) is 0.710. The standard InChI is InChI=1S/C21H15ClNO5P/c22-17-12-7-13-18-21(17)19(14-20(24)23-18)28-29(25,26-15-8-3-1-4-9-15)27-16-10-5-2-6-11-16/h1-14H,(H,23,24). The van der Waals surface area contributed by atoms with Crippen molar-refractivity contribution in [2.24, 2.45) is 0 Å². The van der Waals surface area contributed by atoms with Gasteiger partial charge in [0.25, 0.3) is 5.56 Å². The number of aromatic amines is 1. The van der Waals surface area contributed by atoms with Gasteiger partial charge in [-0.15, -0.1) is 0 Å². The van der Waals surface area contributed by atoms with Crippen LogP contribution in [0.2, 0.25) is 5.02 Å². The summed E-state index contributed by atoms with van der Waals surface area (Å²) < 4.78 is 30.4. The van der Waals surface area contributed by atoms with Crippen molar-refractivity contribution >= 4 is 30.3 Å². The van der Waals surface area contributed by atoms with E-state index in [0.29, 0.717) is 15.9 Å². The van der Waals surface area contributed by atoms with E-state index in [1.807, 2.05) is 0 Å². The summed E-state index contributed by atoms with van der Waals surface area (Å²) in [6.45, 7) is 0. The van der Waals surface area contributed by atoms with Crippen LogP contribution in [0.4, 0.5) is 0 Å². The van der Waals surface area contributed by atoms with Gasteiger partial charge in [0.15, 0.2) is 0 Å². The third kappa shape index (κ3) is 4.45. The molecule has 1 heterocycles. The zero-order valence-corrected chi connectivity index (χ0v) is 16.6. The van der Waals surface area contributed by atoms with Crippen LogP contribution >= 0.6 is 19.4 Å². The van der Waals surface area contributed by atoms with Crippen LogP contribution in [0.25, 0.3) is 10.9 Å². The van der Waals surface area contributed by atoms with Crippen LogP contribution in [-0.2, 0) is 4.57 Å². The van der Waals surface area contributed by atoms with Gasteiger partial charge in [0.2, 0.25) is 0 Å². The topological polar surface area (TPSA) is 77.6 Å². The normalized spacial score (nSPS) is 11.2. The van der Waals surface area contributed by atoms with Crippen molar-refractivity contribution in [2.75, 3.05) is 0 Å². The maximum atomic E-state index is 13.6. The lowest BCUT2D eigenvalue weighted by molar-refractivity contribution is 0.299. The van der Waals surface area contributed by atoms with Gasteiger partial charge < -0.3 is 18.6 Å². The maximum absolute atomic E-state index is 13.6. The molecule has 3 aromatic carbocycles. The highest BCUT2D eigenvalue weighted by Crippen LogP contribution is 2.51. The van der Waals surface area contributed by atoms with Crippen molar-refractivity contribution in [2.45, 2.75) is 0 Å². The van der Waals surface area contributed by atoms with E-state index in [2.05, 4.69) is 4.98 Å². The van der Waals surface area contributed by atoms with Crippen LogP contribution in [-0.4, -0.2) is 4.98 Å². The Balaban J connectivity index is 1.79. The fourth-order valence-corrected chi connectivity index (χ4v) is 4.23. The molecule has 0 radical (unpaired) electrons. The highest BCUT2D eigenvalue weighted by Gasteiger charge is 2.34. The molecule has 0 atom stereocenters. The summed E-state index contributed by atoms with van der Waals surface area (Å²) in [6.07, 6.45) is 0. The third-order valence-electron chi connectivity index (χ3n) is 3.91. The Morgan fingerprint density at radius 2 is 1.34 bits per heavy atom. The summed E-state index contributed by atoms with van der Waals surface area (Å²) >= 11 is 6.29. The van der Waals surface area contributed by atoms with Crippen molar-refractivity contribution in [1.82, 2.24) is 4.98 Å². The molecule has 0 saturated carbocycles. The Hall–Kier alpha value is -3.21. The molecule has 0 amide bonds. The van der Waals surface area contributed by atoms with Crippen LogP contribution in [0.3, 0.4) is 0 Å². The van der Waals surface area contributed by atoms with E-state index in [4.69, 9.17) is 25.2 Å². The molecule has 1 aromatic heterocycles. The first-order valence-corrected chi connectivity index (χ1v) is 10.5. The zero-order valence-electron chi connectivity index (χ0n) is 14.9. The lowest BCUT2D eigenvalue weighted by Gasteiger charge is -2.20. The Morgan fingerprint density at radius 3 is 1.93 bits per heavy atom. The summed E-state index contributed by atoms with van der Waals surface area (Å²) in [6, 6.07) is 23.1. The van der Waals surface area contributed by atoms with Gasteiger partial charge in [-0.05, 0) is 36.4 Å². The van der Waals surface area contributed by atoms with Gasteiger partial charge >= 0.3 is 7.82 Å². The van der Waals surface area contributed by atoms with E-state index >= 15 is 0 Å². The van der Waals surface area contributed by atoms with E-state index in [9.17, 15) is 9.36 Å². The predicted molar refractivity (Wildman–Crippen MR) is 112 cm³/mol. The number of phosphoric acid groups is 1. The molecule has 4 aromatic rings. The quantitative estimate of drug-likeness (QED) is 0.392. The van der Waals surface area contributed by atoms with Crippen LogP contribution in [0.15, 0.2) is 89.7 Å². The number of aromatic nitrogens is 1. The Morgan fingerprint density at radius 1 is 0.759 bits per heavy atom. The number of halogens is 1. The number of hydrogen-bond acceptors (Lipinski definition) is 5. The van der Waals surface area contributed by atoms with Crippen molar-refractivity contribution < 1.29 is 18.1 Å². The summed E-state index contributed by atoms with van der Waals surface area (Å²) in [5.74, 6) is 0.559. The molecule has 1 N–H and O–H groups in total. The Labute approximate surface area is 171 Å². The molecular weight excluding hydrogens is 413 g/mol. The second-order valence-corrected chi connectivity index (χ2v) is 7.86. The molecule has 29 heavy (non-hydrogen) atoms. The smallest absolute Gasteiger partial charge is 0.386 e. The molecule has 4 rings (SSSR count). The van der Waals surface area contributed by atoms with E-state index in [1.54, 1.807) is 78.9 Å². The molecule has 0 aliphatic carbocycles. The fraction of sp³-hybridized carbons (Fsp3) is 0. The lowest BCUT2D eigenvalue weighted by Crippen LogP contribution is -2.11. The lowest BCUT2D eigenvalue weighted by atomic mass is 10.2. The second-order valence-electron chi connectivity index (χ2n) is 6.01. The first-order chi connectivity index (χ1) is 14.0. The second kappa shape index (κ2) is 8.03. The van der Waals surface area contributed by atoms with Crippen molar-refractivity contribution in [1.29, 1.82) is 0 Å². The van der Waals surface area contributed by atoms with Gasteiger partial charge in [-0.25, -0.2) is 0 Å². The Bertz CT molecular complexity index is 1200. The SMILES string of the molecule is O=c1cc(OP(=O)(Oc2ccccc2)Oc2ccccc2)c2c(Cl)cccc2[nH]1. The molecule has 6 nitrogen and oxygen atoms in total. The number of fused-ring (bicyclic) bond motifs is 1. The monoisotopic (exact) mass is 427 g/mol. The number of phosphoric ester groups is 1. The van der Waals surface area contributed by atoms with Gasteiger partial charge in [0.05, 0.1) is 15.9 Å². The minimum atomic E-state index is -4.24. The predicted octanol–water partition coefficient (Wildman–Crippen LogP) is 5.83. The molecule has 8 heteroatoms. The molecule has 0 aliphatic heterocycles. The van der Waals surface area contributed by atoms with Crippen LogP contribution in [0.1, 0.15) is 0 Å². The van der Waals surface area contributed by atoms with Crippen molar-refractivity contribution in [3.05, 3.63) is 100 Å². The molecular formula is C21H15ClNO5P. The number of rotatable bonds is 6. The van der Waals surface area contributed by atoms with E-state index < -0.39 is 13.4 Å². The fourth-order valence-electron chi connectivity index (χ4n) is 2.71. The van der Waals surface area contributed by atoms with E-state index in [1.165, 1.54) is 0 Å². The Kier molecular flexibility index (Phi) is 5.30. The number of benzene rings is 3. The van der Waals surface area contributed by atoms with Gasteiger partial charge in [0.1, 0.15) is 17.2 Å². The molecule has 0 unspecified atom stereocenters. The van der Waals surface area contributed by atoms with Crippen molar-refractivity contribution in [3.63, 3.8) is 0 Å². The first kappa shape index (κ1) is 19.1. The van der Waals surface area contributed by atoms with Crippen LogP contribution < -0.4 is 19.1 Å². The average molecular weight is 428 g/mol. The molecule has 0 fully saturated rings. The van der Waals surface area contributed by atoms with Crippen LogP contribution in [0, 0.1) is 0 Å². The van der Waals surface area contributed by atoms with Crippen molar-refractivity contribution in [3.8, 4) is 17.2 Å². The van der Waals surface area contributed by atoms with Gasteiger partial charge in [0, 0.05) is 6.07 Å². The maximum Gasteiger partial charge on any atom is 0.647 e. The molecule has 0 aliphatic rings. The van der Waals surface area contributed by atoms with Gasteiger partial charge in [-0.3, -0.25) is 4.79 Å². The molecule has 0 saturated heterocycles. The molecule has 0 bridgehead atoms. The summed E-state index contributed by atoms with van der Waals surface area (Å²) in [7, 11) is -4.24. The number of pyridine rings is 1. The largest absolute Gasteiger partial charge is 0.647 e. The third-order valence-corrected chi connectivity index (χ3v) is 5.52. The number of H-pyrrole nitrogens is 1. The number of hydrogen-bond donors (Lipinski definition) is 1. The highest BCUT2D eigenvalue weighted by molar-refractivity contribution is 7.49. The summed E-state index contributed by atoms with van der Waals surface area (Å²) in [5.41, 5.74) is -0.00767. The average Bonchev–Trinajstić information content (AvgIpc) is 2.69. The zero-order chi connectivity index (χ0) is 20.3. The van der Waals surface area contributed by atoms with Gasteiger partial charge in [-0.2, -0.15) is 4.57 Å². The first-order valence-electron chi connectivity index (χ1n) is 8.63. The van der Waals surface area contributed by atoms with Crippen LogP contribution in [0.5, 0.6) is 17.2 Å². The minimum Gasteiger partial charge on any atom is -0.386 e. The highest BCUT2D eigenvalue weighted by atomic mass is 35.5. The van der Waals surface area contributed by atoms with Gasteiger partial charge in [-0.1, -0.05) is 54.1 Å². The van der Waals surface area contributed by atoms with E-state index in [0.717, 1.165) is 6.07 Å². The van der Waals surface area contributed by atoms with E-state index in [-0.39, 0.29) is 17.2 Å².